The Labute approximate surface area is 95.2 Å². The van der Waals surface area contributed by atoms with Gasteiger partial charge in [0.2, 0.25) is 0 Å². The lowest BCUT2D eigenvalue weighted by Gasteiger charge is -2.19. The van der Waals surface area contributed by atoms with Crippen LogP contribution in [0.3, 0.4) is 0 Å². The van der Waals surface area contributed by atoms with Crippen LogP contribution < -0.4 is 10.6 Å². The fourth-order valence-corrected chi connectivity index (χ4v) is 1.46. The molecule has 1 aromatic rings. The van der Waals surface area contributed by atoms with Gasteiger partial charge in [0.25, 0.3) is 0 Å². The quantitative estimate of drug-likeness (QED) is 0.770. The van der Waals surface area contributed by atoms with Crippen LogP contribution in [0.1, 0.15) is 12.5 Å². The number of pyridine rings is 1. The van der Waals surface area contributed by atoms with Crippen molar-refractivity contribution in [1.29, 1.82) is 0 Å². The van der Waals surface area contributed by atoms with E-state index in [1.807, 2.05) is 13.0 Å². The molecule has 16 heavy (non-hydrogen) atoms. The number of anilines is 2. The average molecular weight is 223 g/mol. The molecular formula is C11H17N3O2. The molecule has 0 fully saturated rings. The van der Waals surface area contributed by atoms with Crippen molar-refractivity contribution in [2.75, 3.05) is 30.8 Å². The van der Waals surface area contributed by atoms with E-state index in [9.17, 15) is 4.79 Å². The minimum Gasteiger partial charge on any atom is -0.465 e. The van der Waals surface area contributed by atoms with E-state index in [-0.39, 0.29) is 12.5 Å². The Morgan fingerprint density at radius 3 is 2.88 bits per heavy atom. The Kier molecular flexibility index (Phi) is 4.10. The molecule has 88 valence electrons. The number of aromatic nitrogens is 1. The molecule has 0 atom stereocenters. The summed E-state index contributed by atoms with van der Waals surface area (Å²) in [5.74, 6) is 0.477. The highest BCUT2D eigenvalue weighted by Gasteiger charge is 2.11. The Hall–Kier alpha value is -1.78. The molecule has 1 rings (SSSR count). The van der Waals surface area contributed by atoms with E-state index in [1.54, 1.807) is 25.1 Å². The van der Waals surface area contributed by atoms with E-state index in [1.165, 1.54) is 0 Å². The van der Waals surface area contributed by atoms with Gasteiger partial charge in [-0.05, 0) is 25.5 Å². The second-order valence-electron chi connectivity index (χ2n) is 3.57. The third-order valence-corrected chi connectivity index (χ3v) is 2.10. The molecule has 0 aliphatic rings. The molecule has 0 aromatic carbocycles. The minimum atomic E-state index is -0.261. The maximum absolute atomic E-state index is 11.3. The molecule has 0 aliphatic carbocycles. The first-order valence-corrected chi connectivity index (χ1v) is 5.13. The number of carbonyl (C=O) groups excluding carboxylic acids is 1. The van der Waals surface area contributed by atoms with Crippen molar-refractivity contribution in [3.05, 3.63) is 17.8 Å². The summed E-state index contributed by atoms with van der Waals surface area (Å²) in [5, 5.41) is 0. The van der Waals surface area contributed by atoms with Crippen LogP contribution in [0.25, 0.3) is 0 Å². The van der Waals surface area contributed by atoms with Gasteiger partial charge in [-0.3, -0.25) is 4.79 Å². The summed E-state index contributed by atoms with van der Waals surface area (Å²) in [7, 11) is 1.79. The minimum absolute atomic E-state index is 0.186. The second kappa shape index (κ2) is 5.34. The number of hydrogen-bond acceptors (Lipinski definition) is 5. The van der Waals surface area contributed by atoms with Gasteiger partial charge in [-0.25, -0.2) is 4.98 Å². The fourth-order valence-electron chi connectivity index (χ4n) is 1.46. The SMILES string of the molecule is CCOC(=O)CN(C)c1ncc(N)cc1C. The lowest BCUT2D eigenvalue weighted by atomic mass is 10.2. The van der Waals surface area contributed by atoms with Crippen molar-refractivity contribution in [2.45, 2.75) is 13.8 Å². The van der Waals surface area contributed by atoms with Gasteiger partial charge in [0, 0.05) is 7.05 Å². The third kappa shape index (κ3) is 3.12. The number of hydrogen-bond donors (Lipinski definition) is 1. The van der Waals surface area contributed by atoms with Crippen LogP contribution in [0.4, 0.5) is 11.5 Å². The van der Waals surface area contributed by atoms with E-state index in [2.05, 4.69) is 4.98 Å². The van der Waals surface area contributed by atoms with Gasteiger partial charge >= 0.3 is 5.97 Å². The lowest BCUT2D eigenvalue weighted by molar-refractivity contribution is -0.141. The van der Waals surface area contributed by atoms with Crippen molar-refractivity contribution in [2.24, 2.45) is 0 Å². The maximum Gasteiger partial charge on any atom is 0.325 e. The standard InChI is InChI=1S/C11H17N3O2/c1-4-16-10(15)7-14(3)11-8(2)5-9(12)6-13-11/h5-6H,4,7,12H2,1-3H3. The predicted octanol–water partition coefficient (Wildman–Crippen LogP) is 0.972. The zero-order valence-corrected chi connectivity index (χ0v) is 9.86. The third-order valence-electron chi connectivity index (χ3n) is 2.10. The fraction of sp³-hybridized carbons (Fsp3) is 0.455. The number of aryl methyl sites for hydroxylation is 1. The van der Waals surface area contributed by atoms with Crippen LogP contribution in [0.2, 0.25) is 0 Å². The highest BCUT2D eigenvalue weighted by atomic mass is 16.5. The summed E-state index contributed by atoms with van der Waals surface area (Å²) >= 11 is 0. The zero-order chi connectivity index (χ0) is 12.1. The van der Waals surface area contributed by atoms with Crippen LogP contribution >= 0.6 is 0 Å². The van der Waals surface area contributed by atoms with Crippen molar-refractivity contribution in [3.63, 3.8) is 0 Å². The Bertz CT molecular complexity index is 379. The number of ether oxygens (including phenoxy) is 1. The maximum atomic E-state index is 11.3. The molecule has 0 radical (unpaired) electrons. The molecule has 1 heterocycles. The van der Waals surface area contributed by atoms with E-state index in [0.717, 1.165) is 11.4 Å². The molecule has 5 nitrogen and oxygen atoms in total. The predicted molar refractivity (Wildman–Crippen MR) is 63.3 cm³/mol. The molecule has 5 heteroatoms. The summed E-state index contributed by atoms with van der Waals surface area (Å²) in [4.78, 5) is 17.2. The van der Waals surface area contributed by atoms with Gasteiger partial charge < -0.3 is 15.4 Å². The van der Waals surface area contributed by atoms with Gasteiger partial charge in [-0.2, -0.15) is 0 Å². The van der Waals surface area contributed by atoms with Gasteiger partial charge in [-0.1, -0.05) is 0 Å². The van der Waals surface area contributed by atoms with Crippen molar-refractivity contribution >= 4 is 17.5 Å². The molecule has 0 amide bonds. The normalized spacial score (nSPS) is 9.94. The molecular weight excluding hydrogens is 206 g/mol. The number of nitrogens with zero attached hydrogens (tertiary/aromatic N) is 2. The Balaban J connectivity index is 2.72. The molecule has 0 spiro atoms. The van der Waals surface area contributed by atoms with Crippen LogP contribution in [0.15, 0.2) is 12.3 Å². The first-order chi connectivity index (χ1) is 7.54. The zero-order valence-electron chi connectivity index (χ0n) is 9.86. The Morgan fingerprint density at radius 2 is 2.31 bits per heavy atom. The number of esters is 1. The van der Waals surface area contributed by atoms with E-state index in [4.69, 9.17) is 10.5 Å². The van der Waals surface area contributed by atoms with Crippen molar-refractivity contribution < 1.29 is 9.53 Å². The van der Waals surface area contributed by atoms with Crippen LogP contribution in [-0.4, -0.2) is 31.2 Å². The number of nitrogen functional groups attached to an aromatic ring is 1. The van der Waals surface area contributed by atoms with Crippen LogP contribution in [-0.2, 0) is 9.53 Å². The van der Waals surface area contributed by atoms with E-state index >= 15 is 0 Å². The van der Waals surface area contributed by atoms with Gasteiger partial charge in [0.05, 0.1) is 18.5 Å². The number of carbonyl (C=O) groups is 1. The lowest BCUT2D eigenvalue weighted by Crippen LogP contribution is -2.28. The summed E-state index contributed by atoms with van der Waals surface area (Å²) in [6.07, 6.45) is 1.57. The summed E-state index contributed by atoms with van der Waals surface area (Å²) in [5.41, 5.74) is 7.16. The van der Waals surface area contributed by atoms with Crippen LogP contribution in [0.5, 0.6) is 0 Å². The molecule has 0 saturated carbocycles. The van der Waals surface area contributed by atoms with Gasteiger partial charge in [0.15, 0.2) is 0 Å². The second-order valence-corrected chi connectivity index (χ2v) is 3.57. The first-order valence-electron chi connectivity index (χ1n) is 5.13. The van der Waals surface area contributed by atoms with E-state index in [0.29, 0.717) is 12.3 Å². The van der Waals surface area contributed by atoms with Crippen LogP contribution in [0, 0.1) is 6.92 Å². The monoisotopic (exact) mass is 223 g/mol. The molecule has 0 bridgehead atoms. The smallest absolute Gasteiger partial charge is 0.325 e. The number of rotatable bonds is 4. The summed E-state index contributed by atoms with van der Waals surface area (Å²) in [6.45, 7) is 4.26. The summed E-state index contributed by atoms with van der Waals surface area (Å²) < 4.78 is 4.86. The molecule has 0 aliphatic heterocycles. The topological polar surface area (TPSA) is 68.5 Å². The summed E-state index contributed by atoms with van der Waals surface area (Å²) in [6, 6.07) is 1.82. The van der Waals surface area contributed by atoms with Gasteiger partial charge in [0.1, 0.15) is 12.4 Å². The van der Waals surface area contributed by atoms with Crippen molar-refractivity contribution in [1.82, 2.24) is 4.98 Å². The first kappa shape index (κ1) is 12.3. The largest absolute Gasteiger partial charge is 0.465 e. The molecule has 0 unspecified atom stereocenters. The van der Waals surface area contributed by atoms with Gasteiger partial charge in [-0.15, -0.1) is 0 Å². The van der Waals surface area contributed by atoms with E-state index < -0.39 is 0 Å². The highest BCUT2D eigenvalue weighted by molar-refractivity contribution is 5.75. The number of nitrogens with two attached hydrogens (primary N) is 1. The van der Waals surface area contributed by atoms with Crippen molar-refractivity contribution in [3.8, 4) is 0 Å². The average Bonchev–Trinajstić information content (AvgIpc) is 2.17. The molecule has 2 N–H and O–H groups in total. The Morgan fingerprint density at radius 1 is 1.62 bits per heavy atom. The number of likely N-dealkylation sites (N-methyl/N-ethyl adjacent to an activating group) is 1. The molecule has 0 saturated heterocycles. The molecule has 1 aromatic heterocycles. The highest BCUT2D eigenvalue weighted by Crippen LogP contribution is 2.17.